The van der Waals surface area contributed by atoms with Gasteiger partial charge in [0.2, 0.25) is 0 Å². The molecule has 0 spiro atoms. The highest BCUT2D eigenvalue weighted by Crippen LogP contribution is 1.89. The maximum Gasteiger partial charge on any atom is 0.0192 e. The van der Waals surface area contributed by atoms with Crippen LogP contribution in [0.25, 0.3) is 0 Å². The summed E-state index contributed by atoms with van der Waals surface area (Å²) < 4.78 is 0. The Morgan fingerprint density at radius 1 is 1.67 bits per heavy atom. The van der Waals surface area contributed by atoms with Crippen LogP contribution < -0.4 is 11.1 Å². The molecule has 3 N–H and O–H groups in total. The Labute approximate surface area is 56.4 Å². The Morgan fingerprint density at radius 3 is 2.67 bits per heavy atom. The van der Waals surface area contributed by atoms with Gasteiger partial charge in [0.15, 0.2) is 0 Å². The van der Waals surface area contributed by atoms with Crippen LogP contribution in [-0.4, -0.2) is 13.6 Å². The normalized spacial score (nSPS) is 12.6. The quantitative estimate of drug-likeness (QED) is 0.544. The molecule has 0 aliphatic rings. The van der Waals surface area contributed by atoms with Crippen LogP contribution in [0.1, 0.15) is 6.92 Å². The predicted molar refractivity (Wildman–Crippen MR) is 41.0 cm³/mol. The van der Waals surface area contributed by atoms with Crippen molar-refractivity contribution in [3.05, 3.63) is 23.9 Å². The highest BCUT2D eigenvalue weighted by atomic mass is 14.8. The fourth-order valence-electron chi connectivity index (χ4n) is 0.575. The summed E-state index contributed by atoms with van der Waals surface area (Å²) in [5.41, 5.74) is 6.50. The zero-order chi connectivity index (χ0) is 7.11. The molecule has 0 saturated heterocycles. The molecule has 0 radical (unpaired) electrons. The van der Waals surface area contributed by atoms with Gasteiger partial charge in [-0.25, -0.2) is 0 Å². The molecule has 9 heavy (non-hydrogen) atoms. The molecule has 0 rings (SSSR count). The first-order chi connectivity index (χ1) is 4.35. The van der Waals surface area contributed by atoms with Crippen molar-refractivity contribution in [2.45, 2.75) is 6.92 Å². The molecule has 0 atom stereocenters. The van der Waals surface area contributed by atoms with Crippen LogP contribution in [0.2, 0.25) is 0 Å². The van der Waals surface area contributed by atoms with Gasteiger partial charge in [0.25, 0.3) is 0 Å². The van der Waals surface area contributed by atoms with E-state index in [4.69, 9.17) is 5.73 Å². The van der Waals surface area contributed by atoms with Gasteiger partial charge in [-0.15, -0.1) is 0 Å². The average molecular weight is 126 g/mol. The van der Waals surface area contributed by atoms with Crippen LogP contribution in [0.5, 0.6) is 0 Å². The van der Waals surface area contributed by atoms with Gasteiger partial charge in [-0.3, -0.25) is 0 Å². The summed E-state index contributed by atoms with van der Waals surface area (Å²) in [6.45, 7) is 2.56. The summed E-state index contributed by atoms with van der Waals surface area (Å²) in [5, 5.41) is 2.91. The third-order valence-electron chi connectivity index (χ3n) is 0.946. The van der Waals surface area contributed by atoms with E-state index in [-0.39, 0.29) is 0 Å². The lowest BCUT2D eigenvalue weighted by Crippen LogP contribution is -2.05. The largest absolute Gasteiger partial charge is 0.394 e. The Bertz CT molecular complexity index is 114. The molecule has 0 aromatic heterocycles. The number of nitrogens with one attached hydrogen (secondary N) is 1. The van der Waals surface area contributed by atoms with E-state index >= 15 is 0 Å². The van der Waals surface area contributed by atoms with Crippen LogP contribution in [0, 0.1) is 0 Å². The number of hydrogen-bond donors (Lipinski definition) is 2. The van der Waals surface area contributed by atoms with Crippen molar-refractivity contribution in [3.8, 4) is 0 Å². The molecule has 0 bridgehead atoms. The summed E-state index contributed by atoms with van der Waals surface area (Å²) in [6, 6.07) is 0. The Morgan fingerprint density at radius 2 is 2.33 bits per heavy atom. The molecule has 0 fully saturated rings. The van der Waals surface area contributed by atoms with Crippen LogP contribution >= 0.6 is 0 Å². The SMILES string of the molecule is C/C=C\C(=C/NC)CN. The van der Waals surface area contributed by atoms with Crippen LogP contribution in [0.4, 0.5) is 0 Å². The topological polar surface area (TPSA) is 38.0 Å². The Hall–Kier alpha value is -0.760. The van der Waals surface area contributed by atoms with Gasteiger partial charge in [0.1, 0.15) is 0 Å². The molecule has 52 valence electrons. The lowest BCUT2D eigenvalue weighted by atomic mass is 10.3. The van der Waals surface area contributed by atoms with Crippen molar-refractivity contribution in [1.82, 2.24) is 5.32 Å². The third kappa shape index (κ3) is 3.79. The molecule has 0 aliphatic carbocycles. The van der Waals surface area contributed by atoms with Crippen molar-refractivity contribution in [2.24, 2.45) is 5.73 Å². The van der Waals surface area contributed by atoms with E-state index in [2.05, 4.69) is 5.32 Å². The van der Waals surface area contributed by atoms with Crippen LogP contribution in [0.3, 0.4) is 0 Å². The average Bonchev–Trinajstić information content (AvgIpc) is 1.88. The second-order valence-corrected chi connectivity index (χ2v) is 1.71. The van der Waals surface area contributed by atoms with Crippen molar-refractivity contribution in [3.63, 3.8) is 0 Å². The first-order valence-corrected chi connectivity index (χ1v) is 3.04. The molecule has 2 nitrogen and oxygen atoms in total. The summed E-state index contributed by atoms with van der Waals surface area (Å²) in [5.74, 6) is 0. The number of allylic oxidation sites excluding steroid dienone is 1. The molecule has 2 heteroatoms. The van der Waals surface area contributed by atoms with Gasteiger partial charge in [-0.05, 0) is 12.5 Å². The van der Waals surface area contributed by atoms with Gasteiger partial charge in [0.05, 0.1) is 0 Å². The third-order valence-corrected chi connectivity index (χ3v) is 0.946. The fraction of sp³-hybridized carbons (Fsp3) is 0.429. The van der Waals surface area contributed by atoms with Crippen molar-refractivity contribution in [2.75, 3.05) is 13.6 Å². The van der Waals surface area contributed by atoms with Crippen molar-refractivity contribution in [1.29, 1.82) is 0 Å². The molecule has 0 heterocycles. The second-order valence-electron chi connectivity index (χ2n) is 1.71. The molecule has 0 aromatic rings. The standard InChI is InChI=1S/C7H14N2/c1-3-4-7(5-8)6-9-2/h3-4,6,9H,5,8H2,1-2H3/b4-3-,7-6+. The van der Waals surface area contributed by atoms with E-state index in [0.717, 1.165) is 5.57 Å². The van der Waals surface area contributed by atoms with E-state index in [0.29, 0.717) is 6.54 Å². The molecule has 0 unspecified atom stereocenters. The van der Waals surface area contributed by atoms with E-state index in [1.165, 1.54) is 0 Å². The molecule has 0 amide bonds. The lowest BCUT2D eigenvalue weighted by Gasteiger charge is -1.94. The lowest BCUT2D eigenvalue weighted by molar-refractivity contribution is 1.05. The summed E-state index contributed by atoms with van der Waals surface area (Å²) in [4.78, 5) is 0. The highest BCUT2D eigenvalue weighted by Gasteiger charge is 1.82. The van der Waals surface area contributed by atoms with Crippen molar-refractivity contribution < 1.29 is 0 Å². The molecule has 0 aliphatic heterocycles. The predicted octanol–water partition coefficient (Wildman–Crippen LogP) is 0.625. The summed E-state index contributed by atoms with van der Waals surface area (Å²) >= 11 is 0. The monoisotopic (exact) mass is 126 g/mol. The van der Waals surface area contributed by atoms with Crippen LogP contribution in [-0.2, 0) is 0 Å². The van der Waals surface area contributed by atoms with Gasteiger partial charge >= 0.3 is 0 Å². The van der Waals surface area contributed by atoms with E-state index in [1.807, 2.05) is 32.3 Å². The fourth-order valence-corrected chi connectivity index (χ4v) is 0.575. The smallest absolute Gasteiger partial charge is 0.0192 e. The van der Waals surface area contributed by atoms with Crippen molar-refractivity contribution >= 4 is 0 Å². The molecular formula is C7H14N2. The number of rotatable bonds is 3. The number of hydrogen-bond acceptors (Lipinski definition) is 2. The van der Waals surface area contributed by atoms with Gasteiger partial charge in [-0.2, -0.15) is 0 Å². The van der Waals surface area contributed by atoms with E-state index in [9.17, 15) is 0 Å². The zero-order valence-corrected chi connectivity index (χ0v) is 6.02. The van der Waals surface area contributed by atoms with Gasteiger partial charge < -0.3 is 11.1 Å². The molecule has 0 aromatic carbocycles. The molecular weight excluding hydrogens is 112 g/mol. The minimum Gasteiger partial charge on any atom is -0.394 e. The first-order valence-electron chi connectivity index (χ1n) is 3.04. The summed E-state index contributed by atoms with van der Waals surface area (Å²) in [6.07, 6.45) is 5.84. The second kappa shape index (κ2) is 5.38. The molecule has 0 saturated carbocycles. The van der Waals surface area contributed by atoms with E-state index in [1.54, 1.807) is 0 Å². The van der Waals surface area contributed by atoms with Gasteiger partial charge in [-0.1, -0.05) is 12.2 Å². The van der Waals surface area contributed by atoms with Gasteiger partial charge in [0, 0.05) is 19.8 Å². The number of nitrogens with two attached hydrogens (primary N) is 1. The minimum atomic E-state index is 0.588. The maximum atomic E-state index is 5.39. The zero-order valence-electron chi connectivity index (χ0n) is 6.02. The minimum absolute atomic E-state index is 0.588. The Balaban J connectivity index is 3.81. The highest BCUT2D eigenvalue weighted by molar-refractivity contribution is 5.18. The summed E-state index contributed by atoms with van der Waals surface area (Å²) in [7, 11) is 1.86. The Kier molecular flexibility index (Phi) is 4.92. The van der Waals surface area contributed by atoms with E-state index < -0.39 is 0 Å². The first kappa shape index (κ1) is 8.24. The van der Waals surface area contributed by atoms with Crippen LogP contribution in [0.15, 0.2) is 23.9 Å². The maximum absolute atomic E-state index is 5.39.